The maximum atomic E-state index is 10.6. The standard InChI is InChI=1S/C9H19N3O2/c10-7(9(11)14)5-12-4-6-2-1-3-8(6)13/h6-8,12-13H,1-5,10H2,(H2,11,14). The molecule has 1 saturated carbocycles. The third-order valence-corrected chi connectivity index (χ3v) is 2.76. The van der Waals surface area contributed by atoms with Gasteiger partial charge in [-0.05, 0) is 18.8 Å². The van der Waals surface area contributed by atoms with Crippen molar-refractivity contribution < 1.29 is 9.90 Å². The highest BCUT2D eigenvalue weighted by Crippen LogP contribution is 2.24. The molecule has 0 aromatic heterocycles. The van der Waals surface area contributed by atoms with Crippen LogP contribution in [0.1, 0.15) is 19.3 Å². The molecule has 6 N–H and O–H groups in total. The van der Waals surface area contributed by atoms with E-state index in [-0.39, 0.29) is 6.10 Å². The fourth-order valence-corrected chi connectivity index (χ4v) is 1.78. The van der Waals surface area contributed by atoms with Crippen molar-refractivity contribution in [3.05, 3.63) is 0 Å². The van der Waals surface area contributed by atoms with E-state index in [9.17, 15) is 9.90 Å². The van der Waals surface area contributed by atoms with Gasteiger partial charge < -0.3 is 21.9 Å². The van der Waals surface area contributed by atoms with E-state index in [2.05, 4.69) is 5.32 Å². The fraction of sp³-hybridized carbons (Fsp3) is 0.889. The van der Waals surface area contributed by atoms with Crippen molar-refractivity contribution in [2.45, 2.75) is 31.4 Å². The number of nitrogens with one attached hydrogen (secondary N) is 1. The van der Waals surface area contributed by atoms with Crippen molar-refractivity contribution in [2.75, 3.05) is 13.1 Å². The third-order valence-electron chi connectivity index (χ3n) is 2.76. The number of nitrogens with two attached hydrogens (primary N) is 2. The van der Waals surface area contributed by atoms with Crippen LogP contribution in [-0.2, 0) is 4.79 Å². The molecule has 5 heteroatoms. The number of amides is 1. The first-order valence-corrected chi connectivity index (χ1v) is 5.05. The van der Waals surface area contributed by atoms with Gasteiger partial charge in [-0.3, -0.25) is 4.79 Å². The Kier molecular flexibility index (Phi) is 4.31. The zero-order chi connectivity index (χ0) is 10.6. The molecule has 0 aromatic rings. The van der Waals surface area contributed by atoms with Gasteiger partial charge in [-0.2, -0.15) is 0 Å². The molecule has 82 valence electrons. The van der Waals surface area contributed by atoms with Crippen LogP contribution in [0, 0.1) is 5.92 Å². The maximum absolute atomic E-state index is 10.6. The van der Waals surface area contributed by atoms with Crippen LogP contribution in [0.15, 0.2) is 0 Å². The fourth-order valence-electron chi connectivity index (χ4n) is 1.78. The molecule has 5 nitrogen and oxygen atoms in total. The molecular formula is C9H19N3O2. The quantitative estimate of drug-likeness (QED) is 0.437. The van der Waals surface area contributed by atoms with Crippen LogP contribution in [0.3, 0.4) is 0 Å². The largest absolute Gasteiger partial charge is 0.393 e. The normalized spacial score (nSPS) is 29.0. The molecule has 1 aliphatic rings. The van der Waals surface area contributed by atoms with Crippen LogP contribution in [0.5, 0.6) is 0 Å². The lowest BCUT2D eigenvalue weighted by molar-refractivity contribution is -0.119. The molecule has 0 heterocycles. The summed E-state index contributed by atoms with van der Waals surface area (Å²) in [5, 5.41) is 12.6. The number of aliphatic hydroxyl groups excluding tert-OH is 1. The Labute approximate surface area is 83.8 Å². The molecule has 0 spiro atoms. The Morgan fingerprint density at radius 3 is 2.79 bits per heavy atom. The minimum absolute atomic E-state index is 0.202. The first-order valence-electron chi connectivity index (χ1n) is 5.05. The second-order valence-corrected chi connectivity index (χ2v) is 3.93. The molecule has 3 unspecified atom stereocenters. The average molecular weight is 201 g/mol. The minimum Gasteiger partial charge on any atom is -0.393 e. The monoisotopic (exact) mass is 201 g/mol. The minimum atomic E-state index is -0.631. The molecule has 0 bridgehead atoms. The highest BCUT2D eigenvalue weighted by atomic mass is 16.3. The summed E-state index contributed by atoms with van der Waals surface area (Å²) in [4.78, 5) is 10.6. The van der Waals surface area contributed by atoms with Gasteiger partial charge in [-0.1, -0.05) is 6.42 Å². The first kappa shape index (κ1) is 11.4. The SMILES string of the molecule is NC(=O)C(N)CNCC1CCCC1O. The van der Waals surface area contributed by atoms with Crippen LogP contribution in [0.4, 0.5) is 0 Å². The van der Waals surface area contributed by atoms with Crippen molar-refractivity contribution in [2.24, 2.45) is 17.4 Å². The highest BCUT2D eigenvalue weighted by Gasteiger charge is 2.24. The summed E-state index contributed by atoms with van der Waals surface area (Å²) in [5.74, 6) is -0.195. The second-order valence-electron chi connectivity index (χ2n) is 3.93. The number of aliphatic hydroxyl groups is 1. The predicted molar refractivity (Wildman–Crippen MR) is 53.4 cm³/mol. The number of carbonyl (C=O) groups is 1. The lowest BCUT2D eigenvalue weighted by Crippen LogP contribution is -2.45. The van der Waals surface area contributed by atoms with E-state index in [1.54, 1.807) is 0 Å². The number of hydrogen-bond acceptors (Lipinski definition) is 4. The summed E-state index contributed by atoms with van der Waals surface area (Å²) in [5.41, 5.74) is 10.4. The first-order chi connectivity index (χ1) is 6.61. The Morgan fingerprint density at radius 1 is 1.57 bits per heavy atom. The summed E-state index contributed by atoms with van der Waals surface area (Å²) >= 11 is 0. The van der Waals surface area contributed by atoms with Gasteiger partial charge in [-0.25, -0.2) is 0 Å². The van der Waals surface area contributed by atoms with Crippen molar-refractivity contribution in [3.8, 4) is 0 Å². The van der Waals surface area contributed by atoms with E-state index in [1.807, 2.05) is 0 Å². The van der Waals surface area contributed by atoms with E-state index < -0.39 is 11.9 Å². The van der Waals surface area contributed by atoms with Crippen LogP contribution in [0.2, 0.25) is 0 Å². The van der Waals surface area contributed by atoms with Gasteiger partial charge in [0.15, 0.2) is 0 Å². The maximum Gasteiger partial charge on any atom is 0.235 e. The van der Waals surface area contributed by atoms with Crippen LogP contribution in [0.25, 0.3) is 0 Å². The molecule has 1 amide bonds. The summed E-state index contributed by atoms with van der Waals surface area (Å²) in [6, 6.07) is -0.631. The topological polar surface area (TPSA) is 101 Å². The average Bonchev–Trinajstić information content (AvgIpc) is 2.51. The van der Waals surface area contributed by atoms with Crippen molar-refractivity contribution in [1.82, 2.24) is 5.32 Å². The van der Waals surface area contributed by atoms with Gasteiger partial charge in [0.05, 0.1) is 12.1 Å². The lowest BCUT2D eigenvalue weighted by Gasteiger charge is -2.16. The van der Waals surface area contributed by atoms with E-state index in [0.29, 0.717) is 19.0 Å². The zero-order valence-corrected chi connectivity index (χ0v) is 8.28. The second kappa shape index (κ2) is 5.29. The van der Waals surface area contributed by atoms with Crippen LogP contribution < -0.4 is 16.8 Å². The molecule has 1 rings (SSSR count). The molecule has 0 saturated heterocycles. The van der Waals surface area contributed by atoms with E-state index in [0.717, 1.165) is 19.3 Å². The lowest BCUT2D eigenvalue weighted by atomic mass is 10.1. The Balaban J connectivity index is 2.11. The van der Waals surface area contributed by atoms with Crippen LogP contribution in [-0.4, -0.2) is 36.2 Å². The van der Waals surface area contributed by atoms with Gasteiger partial charge >= 0.3 is 0 Å². The zero-order valence-electron chi connectivity index (χ0n) is 8.28. The summed E-state index contributed by atoms with van der Waals surface area (Å²) < 4.78 is 0. The van der Waals surface area contributed by atoms with Crippen molar-refractivity contribution in [3.63, 3.8) is 0 Å². The predicted octanol–water partition coefficient (Wildman–Crippen LogP) is -1.45. The summed E-state index contributed by atoms with van der Waals surface area (Å²) in [6.07, 6.45) is 2.80. The molecule has 1 aliphatic carbocycles. The number of carbonyl (C=O) groups excluding carboxylic acids is 1. The molecule has 0 aliphatic heterocycles. The van der Waals surface area contributed by atoms with Gasteiger partial charge in [-0.15, -0.1) is 0 Å². The van der Waals surface area contributed by atoms with Gasteiger partial charge in [0.25, 0.3) is 0 Å². The number of primary amides is 1. The van der Waals surface area contributed by atoms with Gasteiger partial charge in [0.1, 0.15) is 0 Å². The molecule has 0 radical (unpaired) electrons. The molecule has 1 fully saturated rings. The van der Waals surface area contributed by atoms with Gasteiger partial charge in [0.2, 0.25) is 5.91 Å². The van der Waals surface area contributed by atoms with Crippen molar-refractivity contribution >= 4 is 5.91 Å². The van der Waals surface area contributed by atoms with Gasteiger partial charge in [0, 0.05) is 13.1 Å². The summed E-state index contributed by atoms with van der Waals surface area (Å²) in [7, 11) is 0. The Hall–Kier alpha value is -0.650. The molecule has 3 atom stereocenters. The Bertz CT molecular complexity index is 198. The number of rotatable bonds is 5. The highest BCUT2D eigenvalue weighted by molar-refractivity contribution is 5.79. The number of hydrogen-bond donors (Lipinski definition) is 4. The van der Waals surface area contributed by atoms with E-state index in [1.165, 1.54) is 0 Å². The van der Waals surface area contributed by atoms with Crippen LogP contribution >= 0.6 is 0 Å². The van der Waals surface area contributed by atoms with Crippen molar-refractivity contribution in [1.29, 1.82) is 0 Å². The van der Waals surface area contributed by atoms with E-state index in [4.69, 9.17) is 11.5 Å². The molecule has 0 aromatic carbocycles. The van der Waals surface area contributed by atoms with E-state index >= 15 is 0 Å². The Morgan fingerprint density at radius 2 is 2.29 bits per heavy atom. The molecule has 14 heavy (non-hydrogen) atoms. The smallest absolute Gasteiger partial charge is 0.235 e. The molecular weight excluding hydrogens is 182 g/mol. The summed E-state index contributed by atoms with van der Waals surface area (Å²) in [6.45, 7) is 1.10. The third kappa shape index (κ3) is 3.25.